The van der Waals surface area contributed by atoms with Crippen molar-refractivity contribution in [3.05, 3.63) is 24.6 Å². The fourth-order valence-corrected chi connectivity index (χ4v) is 5.08. The van der Waals surface area contributed by atoms with Crippen molar-refractivity contribution in [3.63, 3.8) is 0 Å². The summed E-state index contributed by atoms with van der Waals surface area (Å²) < 4.78 is 0.677. The fraction of sp³-hybridized carbons (Fsp3) is 0.857. The number of nitrogens with one attached hydrogen (secondary N) is 1. The summed E-state index contributed by atoms with van der Waals surface area (Å²) in [7, 11) is 0. The number of unbranched alkanes of at least 4 members (excludes halogenated alkanes) is 16. The van der Waals surface area contributed by atoms with Gasteiger partial charge < -0.3 is 10.4 Å². The monoisotopic (exact) mass is 435 g/mol. The number of rotatable bonds is 21. The third-order valence-corrected chi connectivity index (χ3v) is 7.30. The standard InChI is InChI=1S/C28H55N2O/c1-4-6-7-8-9-10-11-12-13-14-15-16-17-18-19-20-21-22-23-24-28-29-25-26-30(28,5-2)27(3)31/h4,6,25-29,31H,5,7-24H2,1-3H3/q+1/b6-4+. The van der Waals surface area contributed by atoms with E-state index in [0.29, 0.717) is 10.6 Å². The molecule has 0 radical (unpaired) electrons. The Morgan fingerprint density at radius 2 is 1.26 bits per heavy atom. The lowest BCUT2D eigenvalue weighted by Gasteiger charge is -2.39. The summed E-state index contributed by atoms with van der Waals surface area (Å²) in [5, 5.41) is 13.7. The van der Waals surface area contributed by atoms with Crippen molar-refractivity contribution >= 4 is 0 Å². The molecule has 0 fully saturated rings. The molecule has 1 rings (SSSR count). The van der Waals surface area contributed by atoms with E-state index in [4.69, 9.17) is 0 Å². The molecule has 182 valence electrons. The number of hydrogen-bond donors (Lipinski definition) is 2. The van der Waals surface area contributed by atoms with E-state index in [1.54, 1.807) is 0 Å². The highest BCUT2D eigenvalue weighted by Gasteiger charge is 2.40. The molecule has 1 heterocycles. The Hall–Kier alpha value is -0.800. The summed E-state index contributed by atoms with van der Waals surface area (Å²) in [5.74, 6) is 0. The van der Waals surface area contributed by atoms with Crippen LogP contribution in [0.15, 0.2) is 24.6 Å². The number of nitrogens with zero attached hydrogens (tertiary/aromatic N) is 1. The third-order valence-electron chi connectivity index (χ3n) is 7.30. The molecular weight excluding hydrogens is 380 g/mol. The molecule has 0 saturated carbocycles. The Labute approximate surface area is 195 Å². The van der Waals surface area contributed by atoms with Crippen molar-refractivity contribution in [3.8, 4) is 0 Å². The van der Waals surface area contributed by atoms with Gasteiger partial charge in [0.1, 0.15) is 6.20 Å². The molecule has 0 bridgehead atoms. The molecule has 1 aliphatic heterocycles. The molecule has 0 amide bonds. The summed E-state index contributed by atoms with van der Waals surface area (Å²) in [6.07, 6.45) is 33.7. The van der Waals surface area contributed by atoms with Gasteiger partial charge in [0.25, 0.3) is 0 Å². The number of aliphatic hydroxyl groups is 1. The molecule has 2 N–H and O–H groups in total. The van der Waals surface area contributed by atoms with Crippen LogP contribution in [-0.2, 0) is 0 Å². The van der Waals surface area contributed by atoms with Crippen molar-refractivity contribution in [1.29, 1.82) is 0 Å². The molecule has 0 saturated heterocycles. The summed E-state index contributed by atoms with van der Waals surface area (Å²) in [6, 6.07) is 0. The molecule has 0 aromatic rings. The number of aliphatic hydroxyl groups excluding tert-OH is 1. The number of allylic oxidation sites excluding steroid dienone is 2. The van der Waals surface area contributed by atoms with Gasteiger partial charge in [-0.3, -0.25) is 4.48 Å². The van der Waals surface area contributed by atoms with Crippen LogP contribution in [0.1, 0.15) is 136 Å². The van der Waals surface area contributed by atoms with Crippen LogP contribution < -0.4 is 5.32 Å². The van der Waals surface area contributed by atoms with Gasteiger partial charge in [-0.05, 0) is 33.1 Å². The first-order valence-corrected chi connectivity index (χ1v) is 13.8. The van der Waals surface area contributed by atoms with Gasteiger partial charge in [0.2, 0.25) is 0 Å². The lowest BCUT2D eigenvalue weighted by Crippen LogP contribution is -2.57. The van der Waals surface area contributed by atoms with Gasteiger partial charge in [0, 0.05) is 13.3 Å². The van der Waals surface area contributed by atoms with E-state index in [1.165, 1.54) is 109 Å². The van der Waals surface area contributed by atoms with E-state index in [1.807, 2.05) is 13.1 Å². The Morgan fingerprint density at radius 3 is 1.68 bits per heavy atom. The molecule has 3 unspecified atom stereocenters. The van der Waals surface area contributed by atoms with Crippen LogP contribution in [0.4, 0.5) is 0 Å². The summed E-state index contributed by atoms with van der Waals surface area (Å²) in [5.41, 5.74) is 0. The van der Waals surface area contributed by atoms with E-state index in [9.17, 15) is 5.11 Å². The molecular formula is C28H55N2O+. The third kappa shape index (κ3) is 12.1. The zero-order valence-corrected chi connectivity index (χ0v) is 21.3. The van der Waals surface area contributed by atoms with Gasteiger partial charge in [-0.1, -0.05) is 102 Å². The maximum Gasteiger partial charge on any atom is 0.193 e. The van der Waals surface area contributed by atoms with Crippen molar-refractivity contribution in [1.82, 2.24) is 5.32 Å². The molecule has 3 nitrogen and oxygen atoms in total. The van der Waals surface area contributed by atoms with Crippen LogP contribution in [-0.4, -0.2) is 28.5 Å². The van der Waals surface area contributed by atoms with Gasteiger partial charge >= 0.3 is 0 Å². The minimum absolute atomic E-state index is 0.334. The SMILES string of the molecule is C/C=C/CCCCCCCCCCCCCCCCCCC1NC=C[N+]1(CC)C(C)O. The van der Waals surface area contributed by atoms with E-state index < -0.39 is 0 Å². The predicted octanol–water partition coefficient (Wildman–Crippen LogP) is 8.16. The topological polar surface area (TPSA) is 32.3 Å². The molecule has 3 heteroatoms. The van der Waals surface area contributed by atoms with E-state index in [-0.39, 0.29) is 6.23 Å². The van der Waals surface area contributed by atoms with Crippen LogP contribution >= 0.6 is 0 Å². The van der Waals surface area contributed by atoms with Gasteiger partial charge in [-0.25, -0.2) is 0 Å². The summed E-state index contributed by atoms with van der Waals surface area (Å²) in [6.45, 7) is 7.15. The number of hydrogen-bond acceptors (Lipinski definition) is 2. The number of quaternary nitrogens is 1. The second-order valence-electron chi connectivity index (χ2n) is 9.74. The highest BCUT2D eigenvalue weighted by atomic mass is 16.3. The minimum atomic E-state index is -0.334. The largest absolute Gasteiger partial charge is 0.345 e. The van der Waals surface area contributed by atoms with E-state index >= 15 is 0 Å². The maximum absolute atomic E-state index is 10.2. The first-order chi connectivity index (χ1) is 15.2. The van der Waals surface area contributed by atoms with Crippen LogP contribution in [0.5, 0.6) is 0 Å². The molecule has 0 aromatic heterocycles. The molecule has 3 atom stereocenters. The lowest BCUT2D eigenvalue weighted by molar-refractivity contribution is -0.942. The Kier molecular flexibility index (Phi) is 17.1. The summed E-state index contributed by atoms with van der Waals surface area (Å²) >= 11 is 0. The van der Waals surface area contributed by atoms with Crippen LogP contribution in [0, 0.1) is 0 Å². The first-order valence-electron chi connectivity index (χ1n) is 13.8. The summed E-state index contributed by atoms with van der Waals surface area (Å²) in [4.78, 5) is 0. The second-order valence-corrected chi connectivity index (χ2v) is 9.74. The highest BCUT2D eigenvalue weighted by Crippen LogP contribution is 2.26. The molecule has 0 aromatic carbocycles. The molecule has 31 heavy (non-hydrogen) atoms. The smallest absolute Gasteiger partial charge is 0.193 e. The zero-order chi connectivity index (χ0) is 22.6. The van der Waals surface area contributed by atoms with E-state index in [0.717, 1.165) is 13.0 Å². The first kappa shape index (κ1) is 28.2. The Bertz CT molecular complexity index is 460. The molecule has 1 aliphatic rings. The molecule has 0 spiro atoms. The fourth-order valence-electron chi connectivity index (χ4n) is 5.08. The Morgan fingerprint density at radius 1 is 0.806 bits per heavy atom. The highest BCUT2D eigenvalue weighted by molar-refractivity contribution is 4.84. The minimum Gasteiger partial charge on any atom is -0.345 e. The predicted molar refractivity (Wildman–Crippen MR) is 136 cm³/mol. The average molecular weight is 436 g/mol. The Balaban J connectivity index is 1.81. The van der Waals surface area contributed by atoms with Crippen molar-refractivity contribution in [2.45, 2.75) is 149 Å². The van der Waals surface area contributed by atoms with Gasteiger partial charge in [-0.2, -0.15) is 0 Å². The maximum atomic E-state index is 10.2. The van der Waals surface area contributed by atoms with Gasteiger partial charge in [0.05, 0.1) is 12.7 Å². The van der Waals surface area contributed by atoms with Crippen LogP contribution in [0.25, 0.3) is 0 Å². The van der Waals surface area contributed by atoms with E-state index in [2.05, 4.69) is 37.5 Å². The van der Waals surface area contributed by atoms with Crippen molar-refractivity contribution in [2.24, 2.45) is 0 Å². The van der Waals surface area contributed by atoms with Gasteiger partial charge in [-0.15, -0.1) is 0 Å². The molecule has 0 aliphatic carbocycles. The lowest BCUT2D eigenvalue weighted by atomic mass is 10.0. The van der Waals surface area contributed by atoms with Crippen LogP contribution in [0.2, 0.25) is 0 Å². The van der Waals surface area contributed by atoms with Crippen molar-refractivity contribution in [2.75, 3.05) is 6.54 Å². The van der Waals surface area contributed by atoms with Gasteiger partial charge in [0.15, 0.2) is 12.4 Å². The van der Waals surface area contributed by atoms with Crippen LogP contribution in [0.3, 0.4) is 0 Å². The van der Waals surface area contributed by atoms with Crippen molar-refractivity contribution < 1.29 is 9.59 Å². The normalized spacial score (nSPS) is 21.7. The average Bonchev–Trinajstić information content (AvgIpc) is 3.19. The quantitative estimate of drug-likeness (QED) is 0.108. The second kappa shape index (κ2) is 18.7. The zero-order valence-electron chi connectivity index (χ0n) is 21.3.